The molecule has 2 aromatic carbocycles. The lowest BCUT2D eigenvalue weighted by molar-refractivity contribution is 0.0711. The number of piperidine rings is 1. The summed E-state index contributed by atoms with van der Waals surface area (Å²) in [6, 6.07) is 16.7. The summed E-state index contributed by atoms with van der Waals surface area (Å²) >= 11 is 0. The number of fused-ring (bicyclic) bond motifs is 1. The summed E-state index contributed by atoms with van der Waals surface area (Å²) in [6.07, 6.45) is 5.06. The molecule has 0 radical (unpaired) electrons. The quantitative estimate of drug-likeness (QED) is 0.403. The summed E-state index contributed by atoms with van der Waals surface area (Å²) in [7, 11) is 0. The summed E-state index contributed by atoms with van der Waals surface area (Å²) in [4.78, 5) is 17.8. The lowest BCUT2D eigenvalue weighted by atomic mass is 9.91. The SMILES string of the molecule is O=C(c1cc(-c2ccccc2)n[nH]1)N1CCC[C@H]1CCN1CCC(c2noc3cc(F)ccc23)CC1. The third-order valence-electron chi connectivity index (χ3n) is 7.73. The molecule has 7 nitrogen and oxygen atoms in total. The van der Waals surface area contributed by atoms with Crippen molar-refractivity contribution < 1.29 is 13.7 Å². The van der Waals surface area contributed by atoms with Crippen molar-refractivity contribution in [3.8, 4) is 11.3 Å². The molecule has 8 heteroatoms. The van der Waals surface area contributed by atoms with Crippen LogP contribution in [0.25, 0.3) is 22.2 Å². The first-order valence-corrected chi connectivity index (χ1v) is 12.8. The second-order valence-corrected chi connectivity index (χ2v) is 9.94. The highest BCUT2D eigenvalue weighted by atomic mass is 19.1. The zero-order valence-corrected chi connectivity index (χ0v) is 20.2. The van der Waals surface area contributed by atoms with Crippen molar-refractivity contribution in [3.05, 3.63) is 71.8 Å². The van der Waals surface area contributed by atoms with Crippen LogP contribution in [0.2, 0.25) is 0 Å². The van der Waals surface area contributed by atoms with Crippen LogP contribution in [-0.4, -0.2) is 63.3 Å². The van der Waals surface area contributed by atoms with Crippen LogP contribution in [0.1, 0.15) is 54.2 Å². The van der Waals surface area contributed by atoms with Crippen LogP contribution < -0.4 is 0 Å². The number of benzene rings is 2. The van der Waals surface area contributed by atoms with Crippen LogP contribution in [0.15, 0.2) is 59.1 Å². The Morgan fingerprint density at radius 3 is 2.72 bits per heavy atom. The van der Waals surface area contributed by atoms with Gasteiger partial charge >= 0.3 is 0 Å². The summed E-state index contributed by atoms with van der Waals surface area (Å²) in [5.41, 5.74) is 3.82. The highest BCUT2D eigenvalue weighted by Crippen LogP contribution is 2.33. The van der Waals surface area contributed by atoms with Crippen LogP contribution in [0.5, 0.6) is 0 Å². The summed E-state index contributed by atoms with van der Waals surface area (Å²) in [5, 5.41) is 12.5. The highest BCUT2D eigenvalue weighted by Gasteiger charge is 2.31. The summed E-state index contributed by atoms with van der Waals surface area (Å²) in [5.74, 6) is 0.0700. The Morgan fingerprint density at radius 1 is 1.06 bits per heavy atom. The zero-order chi connectivity index (χ0) is 24.5. The van der Waals surface area contributed by atoms with Crippen molar-refractivity contribution in [1.29, 1.82) is 0 Å². The Bertz CT molecular complexity index is 1340. The molecular formula is C28H30FN5O2. The lowest BCUT2D eigenvalue weighted by Crippen LogP contribution is -2.40. The van der Waals surface area contributed by atoms with E-state index in [2.05, 4.69) is 20.3 Å². The van der Waals surface area contributed by atoms with Gasteiger partial charge in [-0.05, 0) is 63.4 Å². The van der Waals surface area contributed by atoms with Gasteiger partial charge < -0.3 is 14.3 Å². The maximum absolute atomic E-state index is 13.5. The Hall–Kier alpha value is -3.52. The number of H-pyrrole nitrogens is 1. The lowest BCUT2D eigenvalue weighted by Gasteiger charge is -2.33. The molecule has 0 bridgehead atoms. The minimum absolute atomic E-state index is 0.0419. The second kappa shape index (κ2) is 9.85. The Kier molecular flexibility index (Phi) is 6.27. The van der Waals surface area contributed by atoms with Crippen molar-refractivity contribution in [3.63, 3.8) is 0 Å². The maximum atomic E-state index is 13.5. The van der Waals surface area contributed by atoms with Crippen LogP contribution in [-0.2, 0) is 0 Å². The van der Waals surface area contributed by atoms with E-state index in [0.717, 1.165) is 80.6 Å². The minimum Gasteiger partial charge on any atom is -0.356 e. The van der Waals surface area contributed by atoms with Gasteiger partial charge in [0.05, 0.1) is 11.4 Å². The van der Waals surface area contributed by atoms with E-state index in [1.807, 2.05) is 41.3 Å². The number of likely N-dealkylation sites (tertiary alicyclic amines) is 2. The number of halogens is 1. The molecular weight excluding hydrogens is 457 g/mol. The molecule has 0 spiro atoms. The van der Waals surface area contributed by atoms with E-state index < -0.39 is 0 Å². The molecule has 6 rings (SSSR count). The van der Waals surface area contributed by atoms with E-state index in [1.165, 1.54) is 12.1 Å². The van der Waals surface area contributed by atoms with E-state index in [1.54, 1.807) is 6.07 Å². The van der Waals surface area contributed by atoms with Crippen molar-refractivity contribution in [2.24, 2.45) is 0 Å². The number of aromatic nitrogens is 3. The van der Waals surface area contributed by atoms with Crippen LogP contribution in [0.4, 0.5) is 4.39 Å². The number of carbonyl (C=O) groups is 1. The molecule has 1 amide bonds. The largest absolute Gasteiger partial charge is 0.356 e. The molecule has 0 saturated carbocycles. The molecule has 2 aliphatic rings. The van der Waals surface area contributed by atoms with Crippen molar-refractivity contribution in [2.45, 2.75) is 44.1 Å². The van der Waals surface area contributed by atoms with Crippen LogP contribution in [0, 0.1) is 5.82 Å². The van der Waals surface area contributed by atoms with E-state index in [-0.39, 0.29) is 17.8 Å². The number of amides is 1. The predicted octanol–water partition coefficient (Wildman–Crippen LogP) is 5.23. The number of hydrogen-bond donors (Lipinski definition) is 1. The number of rotatable bonds is 6. The molecule has 0 unspecified atom stereocenters. The molecule has 2 aliphatic heterocycles. The first-order valence-electron chi connectivity index (χ1n) is 12.8. The minimum atomic E-state index is -0.302. The fourth-order valence-electron chi connectivity index (χ4n) is 5.73. The average Bonchev–Trinajstić information content (AvgIpc) is 3.67. The van der Waals surface area contributed by atoms with Crippen molar-refractivity contribution in [2.75, 3.05) is 26.2 Å². The molecule has 1 N–H and O–H groups in total. The molecule has 0 aliphatic carbocycles. The van der Waals surface area contributed by atoms with Crippen LogP contribution in [0.3, 0.4) is 0 Å². The Balaban J connectivity index is 1.03. The zero-order valence-electron chi connectivity index (χ0n) is 20.2. The smallest absolute Gasteiger partial charge is 0.272 e. The second-order valence-electron chi connectivity index (χ2n) is 9.94. The molecule has 186 valence electrons. The fourth-order valence-corrected chi connectivity index (χ4v) is 5.73. The molecule has 4 heterocycles. The molecule has 36 heavy (non-hydrogen) atoms. The van der Waals surface area contributed by atoms with Gasteiger partial charge in [-0.15, -0.1) is 0 Å². The third kappa shape index (κ3) is 4.53. The van der Waals surface area contributed by atoms with Gasteiger partial charge in [-0.2, -0.15) is 5.10 Å². The standard InChI is InChI=1S/C28H30FN5O2/c29-21-8-9-23-26(17-21)36-32-27(23)20-10-14-33(15-11-20)16-12-22-7-4-13-34(22)28(35)25-18-24(30-31-25)19-5-2-1-3-6-19/h1-3,5-6,8-9,17-18,20,22H,4,7,10-16H2,(H,30,31)/t22-/m0/s1. The van der Waals surface area contributed by atoms with Gasteiger partial charge in [-0.25, -0.2) is 4.39 Å². The van der Waals surface area contributed by atoms with Crippen molar-refractivity contribution >= 4 is 16.9 Å². The molecule has 1 atom stereocenters. The van der Waals surface area contributed by atoms with Gasteiger partial charge in [-0.3, -0.25) is 9.89 Å². The molecule has 2 aromatic heterocycles. The normalized spacial score (nSPS) is 19.4. The number of nitrogens with zero attached hydrogens (tertiary/aromatic N) is 4. The highest BCUT2D eigenvalue weighted by molar-refractivity contribution is 5.93. The van der Waals surface area contributed by atoms with Gasteiger partial charge in [-0.1, -0.05) is 35.5 Å². The van der Waals surface area contributed by atoms with Crippen LogP contribution >= 0.6 is 0 Å². The molecule has 2 fully saturated rings. The van der Waals surface area contributed by atoms with E-state index in [4.69, 9.17) is 4.52 Å². The first kappa shape index (κ1) is 22.9. The topological polar surface area (TPSA) is 78.3 Å². The number of aromatic amines is 1. The van der Waals surface area contributed by atoms with Gasteiger partial charge in [0, 0.05) is 42.1 Å². The maximum Gasteiger partial charge on any atom is 0.272 e. The van der Waals surface area contributed by atoms with Gasteiger partial charge in [0.25, 0.3) is 5.91 Å². The Labute approximate surface area is 209 Å². The average molecular weight is 488 g/mol. The molecule has 2 saturated heterocycles. The number of carbonyl (C=O) groups excluding carboxylic acids is 1. The van der Waals surface area contributed by atoms with E-state index in [0.29, 0.717) is 17.2 Å². The monoisotopic (exact) mass is 487 g/mol. The van der Waals surface area contributed by atoms with Gasteiger partial charge in [0.1, 0.15) is 11.5 Å². The Morgan fingerprint density at radius 2 is 1.89 bits per heavy atom. The number of nitrogens with one attached hydrogen (secondary N) is 1. The first-order chi connectivity index (χ1) is 17.7. The summed E-state index contributed by atoms with van der Waals surface area (Å²) in [6.45, 7) is 3.75. The van der Waals surface area contributed by atoms with Crippen molar-refractivity contribution in [1.82, 2.24) is 25.2 Å². The predicted molar refractivity (Wildman–Crippen MR) is 135 cm³/mol. The third-order valence-corrected chi connectivity index (χ3v) is 7.73. The summed E-state index contributed by atoms with van der Waals surface area (Å²) < 4.78 is 18.8. The van der Waals surface area contributed by atoms with E-state index in [9.17, 15) is 9.18 Å². The van der Waals surface area contributed by atoms with Gasteiger partial charge in [0.15, 0.2) is 5.58 Å². The molecule has 4 aromatic rings. The van der Waals surface area contributed by atoms with E-state index >= 15 is 0 Å². The fraction of sp³-hybridized carbons (Fsp3) is 0.393. The van der Waals surface area contributed by atoms with Gasteiger partial charge in [0.2, 0.25) is 0 Å². The number of hydrogen-bond acceptors (Lipinski definition) is 5.